The average Bonchev–Trinajstić information content (AvgIpc) is 1.88. The lowest BCUT2D eigenvalue weighted by Crippen LogP contribution is -1.91. The van der Waals surface area contributed by atoms with Crippen molar-refractivity contribution >= 4 is 0 Å². The summed E-state index contributed by atoms with van der Waals surface area (Å²) in [6, 6.07) is 3.08. The lowest BCUT2D eigenvalue weighted by Gasteiger charge is -1.98. The molecule has 0 saturated heterocycles. The van der Waals surface area contributed by atoms with Gasteiger partial charge in [0.25, 0.3) is 0 Å². The summed E-state index contributed by atoms with van der Waals surface area (Å²) in [5.41, 5.74) is 1.73. The Labute approximate surface area is 59.9 Å². The summed E-state index contributed by atoms with van der Waals surface area (Å²) in [7, 11) is 0. The fourth-order valence-electron chi connectivity index (χ4n) is 0.846. The van der Waals surface area contributed by atoms with Crippen LogP contribution in [0.1, 0.15) is 18.2 Å². The van der Waals surface area contributed by atoms with Crippen molar-refractivity contribution < 1.29 is 4.39 Å². The predicted molar refractivity (Wildman–Crippen MR) is 38.0 cm³/mol. The summed E-state index contributed by atoms with van der Waals surface area (Å²) in [5.74, 6) is -0.414. The first kappa shape index (κ1) is 7.19. The molecule has 0 fully saturated rings. The van der Waals surface area contributed by atoms with Crippen LogP contribution in [0.2, 0.25) is 0 Å². The molecule has 10 heavy (non-hydrogen) atoms. The van der Waals surface area contributed by atoms with Crippen molar-refractivity contribution in [1.82, 2.24) is 4.98 Å². The van der Waals surface area contributed by atoms with Gasteiger partial charge in [-0.2, -0.15) is 4.39 Å². The van der Waals surface area contributed by atoms with Gasteiger partial charge in [-0.05, 0) is 25.0 Å². The summed E-state index contributed by atoms with van der Waals surface area (Å²) in [4.78, 5) is 3.65. The Kier molecular flexibility index (Phi) is 2.00. The number of halogens is 1. The van der Waals surface area contributed by atoms with Crippen molar-refractivity contribution in [2.24, 2.45) is 0 Å². The third-order valence-electron chi connectivity index (χ3n) is 1.40. The van der Waals surface area contributed by atoms with Crippen molar-refractivity contribution in [3.63, 3.8) is 0 Å². The number of hydrogen-bond acceptors (Lipinski definition) is 1. The molecular weight excluding hydrogens is 129 g/mol. The van der Waals surface area contributed by atoms with E-state index in [1.165, 1.54) is 6.07 Å². The summed E-state index contributed by atoms with van der Waals surface area (Å²) in [6.07, 6.45) is 1.90. The van der Waals surface area contributed by atoms with Crippen LogP contribution in [0.3, 0.4) is 0 Å². The number of aryl methyl sites for hydroxylation is 1. The van der Waals surface area contributed by atoms with Gasteiger partial charge >= 0.3 is 0 Å². The maximum Gasteiger partial charge on any atom is 0.213 e. The lowest BCUT2D eigenvalue weighted by atomic mass is 10.1. The van der Waals surface area contributed by atoms with Crippen LogP contribution in [0.5, 0.6) is 0 Å². The van der Waals surface area contributed by atoms with Crippen LogP contribution in [0, 0.1) is 19.3 Å². The molecule has 2 heteroatoms. The fourth-order valence-corrected chi connectivity index (χ4v) is 0.846. The summed E-state index contributed by atoms with van der Waals surface area (Å²) >= 11 is 0. The molecule has 1 aromatic heterocycles. The van der Waals surface area contributed by atoms with E-state index in [9.17, 15) is 4.39 Å². The summed E-state index contributed by atoms with van der Waals surface area (Å²) in [6.45, 7) is 3.69. The minimum absolute atomic E-state index is 0.414. The number of aromatic nitrogens is 1. The highest BCUT2D eigenvalue weighted by Crippen LogP contribution is 2.07. The van der Waals surface area contributed by atoms with E-state index in [2.05, 4.69) is 4.98 Å². The van der Waals surface area contributed by atoms with E-state index in [4.69, 9.17) is 0 Å². The Balaban J connectivity index is 3.07. The number of rotatable bonds is 1. The van der Waals surface area contributed by atoms with Crippen LogP contribution in [-0.2, 0) is 0 Å². The molecule has 1 rings (SSSR count). The zero-order valence-corrected chi connectivity index (χ0v) is 6.06. The number of hydrogen-bond donors (Lipinski definition) is 0. The van der Waals surface area contributed by atoms with Crippen LogP contribution in [0.15, 0.2) is 12.1 Å². The van der Waals surface area contributed by atoms with E-state index >= 15 is 0 Å². The van der Waals surface area contributed by atoms with E-state index in [1.54, 1.807) is 13.0 Å². The Morgan fingerprint density at radius 1 is 1.50 bits per heavy atom. The van der Waals surface area contributed by atoms with Crippen LogP contribution in [0.4, 0.5) is 4.39 Å². The van der Waals surface area contributed by atoms with Gasteiger partial charge in [0, 0.05) is 5.69 Å². The van der Waals surface area contributed by atoms with Gasteiger partial charge in [0.1, 0.15) is 0 Å². The zero-order valence-electron chi connectivity index (χ0n) is 6.06. The monoisotopic (exact) mass is 138 g/mol. The highest BCUT2D eigenvalue weighted by Gasteiger charge is 1.97. The maximum atomic E-state index is 12.4. The zero-order chi connectivity index (χ0) is 7.56. The molecule has 1 nitrogen and oxygen atoms in total. The molecule has 0 N–H and O–H groups in total. The number of nitrogens with zero attached hydrogens (tertiary/aromatic N) is 1. The van der Waals surface area contributed by atoms with E-state index in [0.29, 0.717) is 0 Å². The topological polar surface area (TPSA) is 12.9 Å². The van der Waals surface area contributed by atoms with Crippen molar-refractivity contribution in [1.29, 1.82) is 0 Å². The quantitative estimate of drug-likeness (QED) is 0.541. The second-order valence-electron chi connectivity index (χ2n) is 2.10. The van der Waals surface area contributed by atoms with Crippen LogP contribution < -0.4 is 0 Å². The van der Waals surface area contributed by atoms with Crippen LogP contribution >= 0.6 is 0 Å². The smallest absolute Gasteiger partial charge is 0.213 e. The van der Waals surface area contributed by atoms with Crippen LogP contribution in [-0.4, -0.2) is 4.98 Å². The molecule has 1 radical (unpaired) electrons. The van der Waals surface area contributed by atoms with Gasteiger partial charge in [0.05, 0.1) is 0 Å². The van der Waals surface area contributed by atoms with Crippen molar-refractivity contribution in [3.05, 3.63) is 35.8 Å². The Hall–Kier alpha value is -0.920. The molecule has 0 saturated carbocycles. The third-order valence-corrected chi connectivity index (χ3v) is 1.40. The minimum atomic E-state index is -0.414. The molecule has 0 aromatic carbocycles. The number of pyridine rings is 1. The molecule has 0 bridgehead atoms. The fraction of sp³-hybridized carbons (Fsp3) is 0.250. The van der Waals surface area contributed by atoms with Crippen molar-refractivity contribution in [2.45, 2.75) is 13.8 Å². The van der Waals surface area contributed by atoms with Gasteiger partial charge in [-0.3, -0.25) is 0 Å². The molecule has 0 aliphatic carbocycles. The maximum absolute atomic E-state index is 12.4. The van der Waals surface area contributed by atoms with Crippen molar-refractivity contribution in [2.75, 3.05) is 0 Å². The highest BCUT2D eigenvalue weighted by atomic mass is 19.1. The molecule has 53 valence electrons. The summed E-state index contributed by atoms with van der Waals surface area (Å²) < 4.78 is 12.4. The molecule has 0 aliphatic rings. The standard InChI is InChI=1S/C8H9FN/c1-3-7-4-5-8(9)10-6(7)2/h3-5H,1-2H3. The first-order valence-electron chi connectivity index (χ1n) is 3.16. The second kappa shape index (κ2) is 2.78. The normalized spacial score (nSPS) is 9.90. The van der Waals surface area contributed by atoms with Crippen molar-refractivity contribution in [3.8, 4) is 0 Å². The average molecular weight is 138 g/mol. The van der Waals surface area contributed by atoms with Gasteiger partial charge in [-0.1, -0.05) is 13.0 Å². The summed E-state index contributed by atoms with van der Waals surface area (Å²) in [5, 5.41) is 0. The molecular formula is C8H9FN. The van der Waals surface area contributed by atoms with Gasteiger partial charge in [-0.25, -0.2) is 4.98 Å². The first-order chi connectivity index (χ1) is 4.74. The van der Waals surface area contributed by atoms with E-state index in [1.807, 2.05) is 13.3 Å². The molecule has 0 aliphatic heterocycles. The first-order valence-corrected chi connectivity index (χ1v) is 3.16. The van der Waals surface area contributed by atoms with Gasteiger partial charge in [0.15, 0.2) is 0 Å². The van der Waals surface area contributed by atoms with E-state index < -0.39 is 5.95 Å². The van der Waals surface area contributed by atoms with Gasteiger partial charge in [0.2, 0.25) is 5.95 Å². The Bertz CT molecular complexity index is 233. The SMILES string of the molecule is C[CH]c1ccc(F)nc1C. The largest absolute Gasteiger partial charge is 0.225 e. The van der Waals surface area contributed by atoms with E-state index in [-0.39, 0.29) is 0 Å². The van der Waals surface area contributed by atoms with Crippen LogP contribution in [0.25, 0.3) is 0 Å². The minimum Gasteiger partial charge on any atom is -0.225 e. The molecule has 0 amide bonds. The molecule has 0 spiro atoms. The highest BCUT2D eigenvalue weighted by molar-refractivity contribution is 5.25. The molecule has 1 aromatic rings. The van der Waals surface area contributed by atoms with Gasteiger partial charge in [-0.15, -0.1) is 0 Å². The second-order valence-corrected chi connectivity index (χ2v) is 2.10. The van der Waals surface area contributed by atoms with Gasteiger partial charge < -0.3 is 0 Å². The lowest BCUT2D eigenvalue weighted by molar-refractivity contribution is 0.579. The molecule has 0 atom stereocenters. The predicted octanol–water partition coefficient (Wildman–Crippen LogP) is 2.10. The Morgan fingerprint density at radius 2 is 2.20 bits per heavy atom. The molecule has 1 heterocycles. The molecule has 0 unspecified atom stereocenters. The van der Waals surface area contributed by atoms with E-state index in [0.717, 1.165) is 11.3 Å². The Morgan fingerprint density at radius 3 is 2.70 bits per heavy atom. The third kappa shape index (κ3) is 1.32.